The molecule has 2 heterocycles. The number of thioether (sulfide) groups is 2. The fraction of sp³-hybridized carbons (Fsp3) is 0.389. The van der Waals surface area contributed by atoms with Crippen molar-refractivity contribution in [1.29, 1.82) is 0 Å². The summed E-state index contributed by atoms with van der Waals surface area (Å²) < 4.78 is 0.725. The fourth-order valence-corrected chi connectivity index (χ4v) is 5.13. The van der Waals surface area contributed by atoms with Crippen molar-refractivity contribution in [2.24, 2.45) is 0 Å². The molecule has 2 N–H and O–H groups in total. The summed E-state index contributed by atoms with van der Waals surface area (Å²) >= 11 is 4.53. The number of hydrogen-bond donors (Lipinski definition) is 2. The van der Waals surface area contributed by atoms with E-state index < -0.39 is 5.97 Å². The van der Waals surface area contributed by atoms with Crippen LogP contribution in [0.3, 0.4) is 0 Å². The van der Waals surface area contributed by atoms with Gasteiger partial charge in [0, 0.05) is 47.3 Å². The summed E-state index contributed by atoms with van der Waals surface area (Å²) in [6, 6.07) is 8.47. The first-order chi connectivity index (χ1) is 13.1. The van der Waals surface area contributed by atoms with Gasteiger partial charge in [-0.15, -0.1) is 23.1 Å². The molecule has 1 aliphatic heterocycles. The monoisotopic (exact) mass is 423 g/mol. The molecule has 6 nitrogen and oxygen atoms in total. The largest absolute Gasteiger partial charge is 0.476 e. The predicted octanol–water partition coefficient (Wildman–Crippen LogP) is 3.76. The van der Waals surface area contributed by atoms with E-state index in [0.29, 0.717) is 18.7 Å². The first kappa shape index (κ1) is 20.0. The quantitative estimate of drug-likeness (QED) is 0.594. The average Bonchev–Trinajstić information content (AvgIpc) is 3.28. The maximum absolute atomic E-state index is 12.2. The van der Waals surface area contributed by atoms with Gasteiger partial charge in [0.25, 0.3) is 0 Å². The number of carboxylic acid groups (broad SMARTS) is 1. The fourth-order valence-electron chi connectivity index (χ4n) is 2.91. The molecule has 0 radical (unpaired) electrons. The number of likely N-dealkylation sites (tertiary alicyclic amines) is 1. The lowest BCUT2D eigenvalue weighted by molar-refractivity contribution is -0.128. The SMILES string of the molecule is CSc1ccc(NC[C@H]2CCC(=O)N2CCSc2nc(C(=O)O)cs2)cc1. The van der Waals surface area contributed by atoms with Crippen molar-refractivity contribution < 1.29 is 14.7 Å². The van der Waals surface area contributed by atoms with E-state index >= 15 is 0 Å². The predicted molar refractivity (Wildman–Crippen MR) is 111 cm³/mol. The molecule has 1 aliphatic rings. The van der Waals surface area contributed by atoms with Gasteiger partial charge in [-0.2, -0.15) is 0 Å². The van der Waals surface area contributed by atoms with Gasteiger partial charge in [0.05, 0.1) is 0 Å². The smallest absolute Gasteiger partial charge is 0.355 e. The summed E-state index contributed by atoms with van der Waals surface area (Å²) in [6.07, 6.45) is 3.50. The van der Waals surface area contributed by atoms with Gasteiger partial charge in [-0.3, -0.25) is 4.79 Å². The zero-order valence-electron chi connectivity index (χ0n) is 14.9. The number of carboxylic acids is 1. The maximum Gasteiger partial charge on any atom is 0.355 e. The third-order valence-corrected chi connectivity index (χ3v) is 7.09. The Bertz CT molecular complexity index is 795. The minimum Gasteiger partial charge on any atom is -0.476 e. The van der Waals surface area contributed by atoms with E-state index in [2.05, 4.69) is 40.8 Å². The zero-order chi connectivity index (χ0) is 19.2. The Morgan fingerprint density at radius 3 is 2.85 bits per heavy atom. The molecule has 0 saturated carbocycles. The van der Waals surface area contributed by atoms with Crippen molar-refractivity contribution in [2.75, 3.05) is 30.4 Å². The van der Waals surface area contributed by atoms with Crippen molar-refractivity contribution in [3.05, 3.63) is 35.3 Å². The number of thiazole rings is 1. The number of benzene rings is 1. The van der Waals surface area contributed by atoms with Crippen molar-refractivity contribution in [3.63, 3.8) is 0 Å². The number of aromatic carboxylic acids is 1. The van der Waals surface area contributed by atoms with E-state index in [1.54, 1.807) is 17.1 Å². The molecule has 1 atom stereocenters. The number of carbonyl (C=O) groups excluding carboxylic acids is 1. The summed E-state index contributed by atoms with van der Waals surface area (Å²) in [5, 5.41) is 13.9. The molecule has 2 aromatic rings. The molecule has 1 saturated heterocycles. The second-order valence-corrected chi connectivity index (χ2v) is 9.12. The molecule has 0 unspecified atom stereocenters. The molecule has 1 aromatic heterocycles. The van der Waals surface area contributed by atoms with Gasteiger partial charge in [-0.1, -0.05) is 11.8 Å². The van der Waals surface area contributed by atoms with Crippen LogP contribution in [-0.2, 0) is 4.79 Å². The molecular weight excluding hydrogens is 402 g/mol. The number of carbonyl (C=O) groups is 2. The van der Waals surface area contributed by atoms with E-state index in [1.165, 1.54) is 28.0 Å². The Balaban J connectivity index is 1.48. The van der Waals surface area contributed by atoms with Crippen LogP contribution in [0.25, 0.3) is 0 Å². The minimum atomic E-state index is -1.01. The Morgan fingerprint density at radius 1 is 1.41 bits per heavy atom. The third kappa shape index (κ3) is 5.40. The van der Waals surface area contributed by atoms with Gasteiger partial charge in [0.2, 0.25) is 5.91 Å². The van der Waals surface area contributed by atoms with E-state index in [-0.39, 0.29) is 17.6 Å². The van der Waals surface area contributed by atoms with Crippen LogP contribution in [0.5, 0.6) is 0 Å². The minimum absolute atomic E-state index is 0.0781. The van der Waals surface area contributed by atoms with Crippen LogP contribution in [0.1, 0.15) is 23.3 Å². The van der Waals surface area contributed by atoms with E-state index in [1.807, 2.05) is 4.90 Å². The number of rotatable bonds is 9. The van der Waals surface area contributed by atoms with Crippen LogP contribution >= 0.6 is 34.9 Å². The molecular formula is C18H21N3O3S3. The number of nitrogens with one attached hydrogen (secondary N) is 1. The van der Waals surface area contributed by atoms with Crippen molar-refractivity contribution in [3.8, 4) is 0 Å². The first-order valence-electron chi connectivity index (χ1n) is 8.56. The summed E-state index contributed by atoms with van der Waals surface area (Å²) in [6.45, 7) is 1.37. The molecule has 1 aromatic carbocycles. The molecule has 27 heavy (non-hydrogen) atoms. The summed E-state index contributed by atoms with van der Waals surface area (Å²) in [5.41, 5.74) is 1.14. The van der Waals surface area contributed by atoms with Gasteiger partial charge in [0.15, 0.2) is 10.0 Å². The summed E-state index contributed by atoms with van der Waals surface area (Å²) in [5.74, 6) is -0.118. The van der Waals surface area contributed by atoms with Gasteiger partial charge in [-0.25, -0.2) is 9.78 Å². The Hall–Kier alpha value is -1.71. The molecule has 1 fully saturated rings. The second-order valence-electron chi connectivity index (χ2n) is 6.04. The molecule has 3 rings (SSSR count). The molecule has 144 valence electrons. The van der Waals surface area contributed by atoms with Crippen LogP contribution in [0.15, 0.2) is 38.9 Å². The third-order valence-electron chi connectivity index (χ3n) is 4.34. The summed E-state index contributed by atoms with van der Waals surface area (Å²) in [4.78, 5) is 30.3. The maximum atomic E-state index is 12.2. The zero-order valence-corrected chi connectivity index (χ0v) is 17.3. The molecule has 0 aliphatic carbocycles. The number of hydrogen-bond acceptors (Lipinski definition) is 7. The number of anilines is 1. The average molecular weight is 424 g/mol. The van der Waals surface area contributed by atoms with Crippen LogP contribution < -0.4 is 5.32 Å². The van der Waals surface area contributed by atoms with Gasteiger partial charge < -0.3 is 15.3 Å². The number of aromatic nitrogens is 1. The highest BCUT2D eigenvalue weighted by atomic mass is 32.2. The van der Waals surface area contributed by atoms with Crippen molar-refractivity contribution in [1.82, 2.24) is 9.88 Å². The molecule has 9 heteroatoms. The van der Waals surface area contributed by atoms with Gasteiger partial charge >= 0.3 is 5.97 Å². The van der Waals surface area contributed by atoms with E-state index in [0.717, 1.165) is 23.0 Å². The Kier molecular flexibility index (Phi) is 7.03. The van der Waals surface area contributed by atoms with Crippen LogP contribution in [0, 0.1) is 0 Å². The topological polar surface area (TPSA) is 82.5 Å². The van der Waals surface area contributed by atoms with E-state index in [9.17, 15) is 9.59 Å². The van der Waals surface area contributed by atoms with Gasteiger partial charge in [-0.05, 0) is 36.9 Å². The lowest BCUT2D eigenvalue weighted by Gasteiger charge is -2.25. The van der Waals surface area contributed by atoms with Crippen molar-refractivity contribution in [2.45, 2.75) is 28.1 Å². The highest BCUT2D eigenvalue weighted by molar-refractivity contribution is 8.01. The normalized spacial score (nSPS) is 16.7. The lowest BCUT2D eigenvalue weighted by atomic mass is 10.2. The van der Waals surface area contributed by atoms with Crippen LogP contribution in [-0.4, -0.2) is 58.0 Å². The Labute approximate surface area is 170 Å². The lowest BCUT2D eigenvalue weighted by Crippen LogP contribution is -2.39. The second kappa shape index (κ2) is 9.48. The standard InChI is InChI=1S/C18H21N3O3S3/c1-25-14-5-2-12(3-6-14)19-10-13-4-7-16(22)21(13)8-9-26-18-20-15(11-27-18)17(23)24/h2-3,5-6,11,13,19H,4,7-10H2,1H3,(H,23,24)/t13-/m1/s1. The molecule has 0 bridgehead atoms. The molecule has 1 amide bonds. The summed E-state index contributed by atoms with van der Waals surface area (Å²) in [7, 11) is 0. The van der Waals surface area contributed by atoms with Crippen LogP contribution in [0.2, 0.25) is 0 Å². The highest BCUT2D eigenvalue weighted by Gasteiger charge is 2.30. The van der Waals surface area contributed by atoms with E-state index in [4.69, 9.17) is 5.11 Å². The number of nitrogens with zero attached hydrogens (tertiary/aromatic N) is 2. The van der Waals surface area contributed by atoms with Crippen molar-refractivity contribution >= 4 is 52.4 Å². The first-order valence-corrected chi connectivity index (χ1v) is 11.6. The van der Waals surface area contributed by atoms with Crippen LogP contribution in [0.4, 0.5) is 5.69 Å². The van der Waals surface area contributed by atoms with Gasteiger partial charge in [0.1, 0.15) is 0 Å². The highest BCUT2D eigenvalue weighted by Crippen LogP contribution is 2.25. The number of amides is 1. The molecule has 0 spiro atoms. The Morgan fingerprint density at radius 2 is 2.19 bits per heavy atom.